The van der Waals surface area contributed by atoms with Crippen LogP contribution < -0.4 is 5.32 Å². The van der Waals surface area contributed by atoms with E-state index < -0.39 is 33.6 Å². The normalized spacial score (nSPS) is 19.0. The van der Waals surface area contributed by atoms with Crippen molar-refractivity contribution in [3.8, 4) is 0 Å². The molecule has 1 atom stereocenters. The fourth-order valence-corrected chi connectivity index (χ4v) is 5.60. The summed E-state index contributed by atoms with van der Waals surface area (Å²) in [5.41, 5.74) is -0.820. The SMILES string of the molecule is O=C(Nc1cccc(C(F)(F)F)c1)[C@@H]1CCCN(S(=O)(=O)c2cccs2)C1. The molecule has 0 bridgehead atoms. The number of benzene rings is 1. The quantitative estimate of drug-likeness (QED) is 0.821. The van der Waals surface area contributed by atoms with Gasteiger partial charge in [-0.1, -0.05) is 12.1 Å². The highest BCUT2D eigenvalue weighted by atomic mass is 32.2. The fraction of sp³-hybridized carbons (Fsp3) is 0.353. The van der Waals surface area contributed by atoms with Crippen LogP contribution in [0.1, 0.15) is 18.4 Å². The minimum Gasteiger partial charge on any atom is -0.326 e. The number of nitrogens with one attached hydrogen (secondary N) is 1. The van der Waals surface area contributed by atoms with Crippen LogP contribution in [0.4, 0.5) is 18.9 Å². The maximum Gasteiger partial charge on any atom is 0.416 e. The van der Waals surface area contributed by atoms with Crippen LogP contribution in [0.5, 0.6) is 0 Å². The predicted octanol–water partition coefficient (Wildman–Crippen LogP) is 3.81. The molecule has 3 rings (SSSR count). The number of piperidine rings is 1. The van der Waals surface area contributed by atoms with Crippen LogP contribution in [-0.2, 0) is 21.0 Å². The first-order valence-electron chi connectivity index (χ1n) is 8.20. The average Bonchev–Trinajstić information content (AvgIpc) is 3.17. The lowest BCUT2D eigenvalue weighted by atomic mass is 9.98. The summed E-state index contributed by atoms with van der Waals surface area (Å²) < 4.78 is 65.1. The van der Waals surface area contributed by atoms with E-state index in [2.05, 4.69) is 5.32 Å². The number of halogens is 3. The van der Waals surface area contributed by atoms with Crippen molar-refractivity contribution in [2.75, 3.05) is 18.4 Å². The van der Waals surface area contributed by atoms with Crippen molar-refractivity contribution < 1.29 is 26.4 Å². The monoisotopic (exact) mass is 418 g/mol. The molecule has 1 aromatic carbocycles. The van der Waals surface area contributed by atoms with E-state index in [4.69, 9.17) is 0 Å². The summed E-state index contributed by atoms with van der Waals surface area (Å²) in [4.78, 5) is 12.5. The van der Waals surface area contributed by atoms with E-state index in [-0.39, 0.29) is 16.4 Å². The van der Waals surface area contributed by atoms with Crippen LogP contribution >= 0.6 is 11.3 Å². The zero-order valence-corrected chi connectivity index (χ0v) is 15.7. The van der Waals surface area contributed by atoms with Crippen LogP contribution in [-0.4, -0.2) is 31.7 Å². The lowest BCUT2D eigenvalue weighted by molar-refractivity contribution is -0.137. The van der Waals surface area contributed by atoms with Gasteiger partial charge in [0, 0.05) is 18.8 Å². The maximum atomic E-state index is 12.8. The Labute approximate surface area is 158 Å². The van der Waals surface area contributed by atoms with Crippen molar-refractivity contribution >= 4 is 33.0 Å². The number of hydrogen-bond donors (Lipinski definition) is 1. The molecule has 0 unspecified atom stereocenters. The van der Waals surface area contributed by atoms with E-state index in [9.17, 15) is 26.4 Å². The summed E-state index contributed by atoms with van der Waals surface area (Å²) in [6, 6.07) is 7.52. The van der Waals surface area contributed by atoms with Crippen molar-refractivity contribution in [2.24, 2.45) is 5.92 Å². The molecule has 1 fully saturated rings. The van der Waals surface area contributed by atoms with Crippen molar-refractivity contribution in [1.29, 1.82) is 0 Å². The molecule has 1 amide bonds. The Morgan fingerprint density at radius 2 is 2.00 bits per heavy atom. The standard InChI is InChI=1S/C17H17F3N2O3S2/c18-17(19,20)13-5-1-6-14(10-13)21-16(23)12-4-2-8-22(11-12)27(24,25)15-7-3-9-26-15/h1,3,5-7,9-10,12H,2,4,8,11H2,(H,21,23)/t12-/m1/s1. The molecule has 27 heavy (non-hydrogen) atoms. The average molecular weight is 418 g/mol. The highest BCUT2D eigenvalue weighted by Crippen LogP contribution is 2.31. The highest BCUT2D eigenvalue weighted by molar-refractivity contribution is 7.91. The Balaban J connectivity index is 1.71. The number of hydrogen-bond acceptors (Lipinski definition) is 4. The van der Waals surface area contributed by atoms with E-state index >= 15 is 0 Å². The van der Waals surface area contributed by atoms with Gasteiger partial charge in [0.05, 0.1) is 11.5 Å². The third kappa shape index (κ3) is 4.50. The predicted molar refractivity (Wildman–Crippen MR) is 95.9 cm³/mol. The number of thiophene rings is 1. The van der Waals surface area contributed by atoms with Crippen LogP contribution in [0.25, 0.3) is 0 Å². The lowest BCUT2D eigenvalue weighted by Crippen LogP contribution is -2.43. The topological polar surface area (TPSA) is 66.5 Å². The van der Waals surface area contributed by atoms with Gasteiger partial charge >= 0.3 is 6.18 Å². The van der Waals surface area contributed by atoms with Gasteiger partial charge in [0.1, 0.15) is 4.21 Å². The van der Waals surface area contributed by atoms with Gasteiger partial charge in [-0.2, -0.15) is 17.5 Å². The molecule has 2 heterocycles. The molecular weight excluding hydrogens is 401 g/mol. The van der Waals surface area contributed by atoms with Crippen molar-refractivity contribution in [1.82, 2.24) is 4.31 Å². The zero-order chi connectivity index (χ0) is 19.7. The van der Waals surface area contributed by atoms with Crippen LogP contribution in [0.15, 0.2) is 46.0 Å². The van der Waals surface area contributed by atoms with E-state index in [1.807, 2.05) is 0 Å². The first kappa shape index (κ1) is 19.8. The fourth-order valence-electron chi connectivity index (χ4n) is 2.93. The Hall–Kier alpha value is -1.91. The van der Waals surface area contributed by atoms with Gasteiger partial charge in [0.15, 0.2) is 0 Å². The third-order valence-electron chi connectivity index (χ3n) is 4.30. The molecule has 2 aromatic rings. The minimum absolute atomic E-state index is 0.00499. The Bertz CT molecular complexity index is 912. The van der Waals surface area contributed by atoms with E-state index in [1.165, 1.54) is 22.5 Å². The van der Waals surface area contributed by atoms with Gasteiger partial charge in [-0.05, 0) is 42.5 Å². The molecule has 1 aliphatic rings. The number of rotatable bonds is 4. The van der Waals surface area contributed by atoms with E-state index in [0.29, 0.717) is 19.4 Å². The maximum absolute atomic E-state index is 12.8. The molecule has 10 heteroatoms. The van der Waals surface area contributed by atoms with Crippen molar-refractivity contribution in [2.45, 2.75) is 23.2 Å². The Morgan fingerprint density at radius 1 is 1.22 bits per heavy atom. The molecule has 1 aliphatic heterocycles. The van der Waals surface area contributed by atoms with Gasteiger partial charge in [-0.25, -0.2) is 8.42 Å². The first-order chi connectivity index (χ1) is 12.7. The zero-order valence-electron chi connectivity index (χ0n) is 14.1. The van der Waals surface area contributed by atoms with E-state index in [1.54, 1.807) is 11.4 Å². The number of anilines is 1. The smallest absolute Gasteiger partial charge is 0.326 e. The van der Waals surface area contributed by atoms with Crippen LogP contribution in [0, 0.1) is 5.92 Å². The van der Waals surface area contributed by atoms with Crippen molar-refractivity contribution in [3.63, 3.8) is 0 Å². The molecule has 146 valence electrons. The van der Waals surface area contributed by atoms with Gasteiger partial charge < -0.3 is 5.32 Å². The number of carbonyl (C=O) groups excluding carboxylic acids is 1. The molecule has 1 N–H and O–H groups in total. The van der Waals surface area contributed by atoms with E-state index in [0.717, 1.165) is 23.5 Å². The second-order valence-corrected chi connectivity index (χ2v) is 9.31. The van der Waals surface area contributed by atoms with Gasteiger partial charge in [0.25, 0.3) is 10.0 Å². The largest absolute Gasteiger partial charge is 0.416 e. The number of nitrogens with zero attached hydrogens (tertiary/aromatic N) is 1. The molecule has 1 saturated heterocycles. The molecular formula is C17H17F3N2O3S2. The third-order valence-corrected chi connectivity index (χ3v) is 7.54. The second kappa shape index (κ2) is 7.61. The first-order valence-corrected chi connectivity index (χ1v) is 10.5. The summed E-state index contributed by atoms with van der Waals surface area (Å²) in [7, 11) is -3.66. The van der Waals surface area contributed by atoms with Crippen molar-refractivity contribution in [3.05, 3.63) is 47.3 Å². The summed E-state index contributed by atoms with van der Waals surface area (Å²) in [6.45, 7) is 0.318. The van der Waals surface area contributed by atoms with Gasteiger partial charge in [-0.15, -0.1) is 11.3 Å². The molecule has 5 nitrogen and oxygen atoms in total. The summed E-state index contributed by atoms with van der Waals surface area (Å²) in [5, 5.41) is 4.13. The number of sulfonamides is 1. The Kier molecular flexibility index (Phi) is 5.59. The van der Waals surface area contributed by atoms with Crippen LogP contribution in [0.3, 0.4) is 0 Å². The number of amides is 1. The highest BCUT2D eigenvalue weighted by Gasteiger charge is 2.34. The number of carbonyl (C=O) groups is 1. The summed E-state index contributed by atoms with van der Waals surface area (Å²) in [5.74, 6) is -1.11. The van der Waals surface area contributed by atoms with Crippen LogP contribution in [0.2, 0.25) is 0 Å². The molecule has 0 spiro atoms. The molecule has 0 aliphatic carbocycles. The summed E-state index contributed by atoms with van der Waals surface area (Å²) in [6.07, 6.45) is -3.52. The second-order valence-electron chi connectivity index (χ2n) is 6.20. The Morgan fingerprint density at radius 3 is 2.67 bits per heavy atom. The minimum atomic E-state index is -4.50. The summed E-state index contributed by atoms with van der Waals surface area (Å²) >= 11 is 1.10. The molecule has 0 saturated carbocycles. The molecule has 1 aromatic heterocycles. The number of alkyl halides is 3. The van der Waals surface area contributed by atoms with Gasteiger partial charge in [0.2, 0.25) is 5.91 Å². The molecule has 0 radical (unpaired) electrons. The van der Waals surface area contributed by atoms with Gasteiger partial charge in [-0.3, -0.25) is 4.79 Å². The lowest BCUT2D eigenvalue weighted by Gasteiger charge is -2.30.